The Morgan fingerprint density at radius 2 is 1.70 bits per heavy atom. The molecule has 2 N–H and O–H groups in total. The highest BCUT2D eigenvalue weighted by Gasteiger charge is 2.03. The molecule has 23 heavy (non-hydrogen) atoms. The molecule has 0 radical (unpaired) electrons. The minimum Gasteiger partial charge on any atom is -0.356 e. The van der Waals surface area contributed by atoms with Crippen molar-refractivity contribution in [2.75, 3.05) is 13.6 Å². The third kappa shape index (κ3) is 11.3. The second-order valence-corrected chi connectivity index (χ2v) is 5.56. The molecule has 0 atom stereocenters. The van der Waals surface area contributed by atoms with Crippen LogP contribution in [0.4, 0.5) is 0 Å². The van der Waals surface area contributed by atoms with Crippen LogP contribution in [0.2, 0.25) is 0 Å². The highest BCUT2D eigenvalue weighted by Crippen LogP contribution is 2.07. The van der Waals surface area contributed by atoms with Crippen molar-refractivity contribution in [1.29, 1.82) is 0 Å². The van der Waals surface area contributed by atoms with Gasteiger partial charge >= 0.3 is 0 Å². The van der Waals surface area contributed by atoms with Crippen LogP contribution >= 0.6 is 24.0 Å². The molecule has 0 bridgehead atoms. The van der Waals surface area contributed by atoms with Gasteiger partial charge in [0.15, 0.2) is 11.8 Å². The van der Waals surface area contributed by atoms with Crippen LogP contribution in [0.25, 0.3) is 0 Å². The van der Waals surface area contributed by atoms with Gasteiger partial charge in [0.05, 0.1) is 6.54 Å². The van der Waals surface area contributed by atoms with E-state index in [4.69, 9.17) is 4.52 Å². The van der Waals surface area contributed by atoms with Gasteiger partial charge in [0.2, 0.25) is 5.89 Å². The summed E-state index contributed by atoms with van der Waals surface area (Å²) < 4.78 is 4.93. The van der Waals surface area contributed by atoms with E-state index in [2.05, 4.69) is 32.7 Å². The van der Waals surface area contributed by atoms with Crippen LogP contribution in [0, 0.1) is 6.92 Å². The molecule has 0 saturated carbocycles. The van der Waals surface area contributed by atoms with Crippen LogP contribution in [0.1, 0.15) is 70.0 Å². The molecule has 1 aromatic rings. The zero-order valence-electron chi connectivity index (χ0n) is 14.7. The molecule has 134 valence electrons. The van der Waals surface area contributed by atoms with Gasteiger partial charge in [-0.25, -0.2) is 0 Å². The van der Waals surface area contributed by atoms with Gasteiger partial charge in [0.1, 0.15) is 0 Å². The first kappa shape index (κ1) is 22.1. The maximum Gasteiger partial charge on any atom is 0.223 e. The normalized spacial score (nSPS) is 11.2. The molecule has 1 aromatic heterocycles. The van der Waals surface area contributed by atoms with Crippen LogP contribution in [-0.2, 0) is 6.54 Å². The molecule has 0 saturated heterocycles. The van der Waals surface area contributed by atoms with Gasteiger partial charge in [-0.1, -0.05) is 57.0 Å². The molecule has 6 nitrogen and oxygen atoms in total. The van der Waals surface area contributed by atoms with Crippen LogP contribution in [0.5, 0.6) is 0 Å². The fraction of sp³-hybridized carbons (Fsp3) is 0.812. The number of aromatic nitrogens is 2. The number of hydrogen-bond donors (Lipinski definition) is 2. The van der Waals surface area contributed by atoms with Crippen molar-refractivity contribution in [2.24, 2.45) is 4.99 Å². The molecular weight excluding hydrogens is 405 g/mol. The average molecular weight is 437 g/mol. The van der Waals surface area contributed by atoms with Gasteiger partial charge in [-0.15, -0.1) is 24.0 Å². The second kappa shape index (κ2) is 14.7. The zero-order chi connectivity index (χ0) is 16.0. The highest BCUT2D eigenvalue weighted by atomic mass is 127. The van der Waals surface area contributed by atoms with E-state index in [9.17, 15) is 0 Å². The maximum absolute atomic E-state index is 4.93. The lowest BCUT2D eigenvalue weighted by Crippen LogP contribution is -2.37. The molecule has 7 heteroatoms. The van der Waals surface area contributed by atoms with E-state index in [1.807, 2.05) is 0 Å². The van der Waals surface area contributed by atoms with Crippen molar-refractivity contribution in [1.82, 2.24) is 20.8 Å². The van der Waals surface area contributed by atoms with E-state index < -0.39 is 0 Å². The Labute approximate surface area is 157 Å². The number of nitrogens with zero attached hydrogens (tertiary/aromatic N) is 3. The van der Waals surface area contributed by atoms with E-state index >= 15 is 0 Å². The summed E-state index contributed by atoms with van der Waals surface area (Å²) in [5.74, 6) is 2.01. The Morgan fingerprint density at radius 3 is 2.26 bits per heavy atom. The third-order valence-corrected chi connectivity index (χ3v) is 3.53. The SMILES string of the molecule is CCCCCCCCCCNC(=NC)NCc1noc(C)n1.I. The van der Waals surface area contributed by atoms with Gasteiger partial charge in [-0.2, -0.15) is 4.98 Å². The van der Waals surface area contributed by atoms with Gasteiger partial charge in [-0.05, 0) is 6.42 Å². The van der Waals surface area contributed by atoms with E-state index in [0.717, 1.165) is 12.5 Å². The van der Waals surface area contributed by atoms with Crippen molar-refractivity contribution in [3.8, 4) is 0 Å². The number of nitrogens with one attached hydrogen (secondary N) is 2. The van der Waals surface area contributed by atoms with Gasteiger partial charge in [0, 0.05) is 20.5 Å². The molecule has 0 amide bonds. The zero-order valence-corrected chi connectivity index (χ0v) is 17.1. The first-order chi connectivity index (χ1) is 10.8. The standard InChI is InChI=1S/C16H31N5O.HI/c1-4-5-6-7-8-9-10-11-12-18-16(17-3)19-13-15-20-14(2)22-21-15;/h4-13H2,1-3H3,(H2,17,18,19);1H. The van der Waals surface area contributed by atoms with Gasteiger partial charge < -0.3 is 15.2 Å². The van der Waals surface area contributed by atoms with Crippen molar-refractivity contribution >= 4 is 29.9 Å². The van der Waals surface area contributed by atoms with E-state index in [0.29, 0.717) is 18.3 Å². The first-order valence-electron chi connectivity index (χ1n) is 8.50. The summed E-state index contributed by atoms with van der Waals surface area (Å²) in [7, 11) is 1.77. The number of hydrogen-bond acceptors (Lipinski definition) is 4. The van der Waals surface area contributed by atoms with Gasteiger partial charge in [0.25, 0.3) is 0 Å². The summed E-state index contributed by atoms with van der Waals surface area (Å²) in [6.07, 6.45) is 10.6. The maximum atomic E-state index is 4.93. The molecule has 0 spiro atoms. The highest BCUT2D eigenvalue weighted by molar-refractivity contribution is 14.0. The van der Waals surface area contributed by atoms with E-state index in [-0.39, 0.29) is 24.0 Å². The van der Waals surface area contributed by atoms with Crippen LogP contribution < -0.4 is 10.6 Å². The van der Waals surface area contributed by atoms with Crippen molar-refractivity contribution < 1.29 is 4.52 Å². The Hall–Kier alpha value is -0.860. The topological polar surface area (TPSA) is 75.3 Å². The number of aryl methyl sites for hydroxylation is 1. The molecule has 0 fully saturated rings. The minimum absolute atomic E-state index is 0. The third-order valence-electron chi connectivity index (χ3n) is 3.53. The summed E-state index contributed by atoms with van der Waals surface area (Å²) in [5, 5.41) is 10.3. The summed E-state index contributed by atoms with van der Waals surface area (Å²) in [5.41, 5.74) is 0. The second-order valence-electron chi connectivity index (χ2n) is 5.56. The summed E-state index contributed by atoms with van der Waals surface area (Å²) in [4.78, 5) is 8.33. The van der Waals surface area contributed by atoms with Crippen molar-refractivity contribution in [3.63, 3.8) is 0 Å². The molecule has 0 aromatic carbocycles. The van der Waals surface area contributed by atoms with Crippen molar-refractivity contribution in [2.45, 2.75) is 71.8 Å². The predicted molar refractivity (Wildman–Crippen MR) is 105 cm³/mol. The summed E-state index contributed by atoms with van der Waals surface area (Å²) in [6, 6.07) is 0. The molecule has 0 aliphatic carbocycles. The van der Waals surface area contributed by atoms with Crippen LogP contribution in [-0.4, -0.2) is 29.7 Å². The van der Waals surface area contributed by atoms with Crippen molar-refractivity contribution in [3.05, 3.63) is 11.7 Å². The fourth-order valence-corrected chi connectivity index (χ4v) is 2.26. The number of halogens is 1. The Kier molecular flexibility index (Phi) is 14.2. The lowest BCUT2D eigenvalue weighted by atomic mass is 10.1. The predicted octanol–water partition coefficient (Wildman–Crippen LogP) is 3.80. The first-order valence-corrected chi connectivity index (χ1v) is 8.50. The summed E-state index contributed by atoms with van der Waals surface area (Å²) >= 11 is 0. The number of unbranched alkanes of at least 4 members (excludes halogenated alkanes) is 7. The number of aliphatic imine (C=N–C) groups is 1. The lowest BCUT2D eigenvalue weighted by Gasteiger charge is -2.10. The van der Waals surface area contributed by atoms with Gasteiger partial charge in [-0.3, -0.25) is 4.99 Å². The summed E-state index contributed by atoms with van der Waals surface area (Å²) in [6.45, 7) is 5.51. The van der Waals surface area contributed by atoms with E-state index in [1.54, 1.807) is 14.0 Å². The smallest absolute Gasteiger partial charge is 0.223 e. The molecular formula is C16H32IN5O. The fourth-order valence-electron chi connectivity index (χ4n) is 2.26. The van der Waals surface area contributed by atoms with Crippen LogP contribution in [0.15, 0.2) is 9.52 Å². The molecule has 0 aliphatic rings. The number of rotatable bonds is 11. The number of guanidine groups is 1. The lowest BCUT2D eigenvalue weighted by molar-refractivity contribution is 0.387. The largest absolute Gasteiger partial charge is 0.356 e. The quantitative estimate of drug-likeness (QED) is 0.238. The Morgan fingerprint density at radius 1 is 1.04 bits per heavy atom. The Balaban J connectivity index is 0.00000484. The van der Waals surface area contributed by atoms with E-state index in [1.165, 1.54) is 51.4 Å². The molecule has 1 rings (SSSR count). The molecule has 0 aliphatic heterocycles. The monoisotopic (exact) mass is 437 g/mol. The average Bonchev–Trinajstić information content (AvgIpc) is 2.94. The Bertz CT molecular complexity index is 422. The molecule has 0 unspecified atom stereocenters. The molecule has 1 heterocycles. The van der Waals surface area contributed by atoms with Crippen LogP contribution in [0.3, 0.4) is 0 Å². The minimum atomic E-state index is 0.